The van der Waals surface area contributed by atoms with E-state index < -0.39 is 11.6 Å². The molecule has 1 saturated carbocycles. The van der Waals surface area contributed by atoms with Crippen LogP contribution in [0.1, 0.15) is 25.7 Å². The Morgan fingerprint density at radius 2 is 2.18 bits per heavy atom. The van der Waals surface area contributed by atoms with Crippen LogP contribution in [0.15, 0.2) is 0 Å². The van der Waals surface area contributed by atoms with Crippen LogP contribution in [0.3, 0.4) is 0 Å². The highest BCUT2D eigenvalue weighted by Gasteiger charge is 2.46. The molecule has 1 saturated heterocycles. The lowest BCUT2D eigenvalue weighted by Gasteiger charge is -2.41. The summed E-state index contributed by atoms with van der Waals surface area (Å²) in [5, 5.41) is 9.74. The third-order valence-electron chi connectivity index (χ3n) is 3.90. The highest BCUT2D eigenvalue weighted by molar-refractivity contribution is 5.87. The lowest BCUT2D eigenvalue weighted by molar-refractivity contribution is -0.141. The van der Waals surface area contributed by atoms with Crippen molar-refractivity contribution >= 4 is 5.91 Å². The first-order chi connectivity index (χ1) is 7.92. The number of hydrogen-bond acceptors (Lipinski definition) is 4. The first kappa shape index (κ1) is 12.8. The van der Waals surface area contributed by atoms with Gasteiger partial charge in [-0.25, -0.2) is 0 Å². The molecule has 0 aromatic rings. The second kappa shape index (κ2) is 4.55. The van der Waals surface area contributed by atoms with Crippen molar-refractivity contribution in [1.29, 1.82) is 0 Å². The number of rotatable bonds is 3. The normalized spacial score (nSPS) is 31.7. The smallest absolute Gasteiger partial charge is 0.243 e. The predicted octanol–water partition coefficient (Wildman–Crippen LogP) is -0.609. The number of nitrogens with zero attached hydrogens (tertiary/aromatic N) is 2. The van der Waals surface area contributed by atoms with Crippen LogP contribution in [0.2, 0.25) is 0 Å². The van der Waals surface area contributed by atoms with E-state index in [1.807, 2.05) is 19.0 Å². The van der Waals surface area contributed by atoms with Crippen LogP contribution in [0.5, 0.6) is 0 Å². The summed E-state index contributed by atoms with van der Waals surface area (Å²) < 4.78 is 0. The Balaban J connectivity index is 2.04. The summed E-state index contributed by atoms with van der Waals surface area (Å²) >= 11 is 0. The van der Waals surface area contributed by atoms with Gasteiger partial charge in [-0.15, -0.1) is 0 Å². The molecule has 0 aromatic carbocycles. The van der Waals surface area contributed by atoms with Crippen molar-refractivity contribution in [3.63, 3.8) is 0 Å². The van der Waals surface area contributed by atoms with E-state index in [9.17, 15) is 9.90 Å². The average Bonchev–Trinajstić information content (AvgIpc) is 2.53. The topological polar surface area (TPSA) is 69.8 Å². The van der Waals surface area contributed by atoms with E-state index in [2.05, 4.69) is 0 Å². The van der Waals surface area contributed by atoms with Gasteiger partial charge < -0.3 is 20.6 Å². The zero-order valence-corrected chi connectivity index (χ0v) is 10.7. The fourth-order valence-electron chi connectivity index (χ4n) is 2.79. The van der Waals surface area contributed by atoms with Crippen LogP contribution in [-0.2, 0) is 4.79 Å². The molecule has 1 amide bonds. The molecular formula is C12H23N3O2. The minimum absolute atomic E-state index is 0.0344. The Labute approximate surface area is 103 Å². The van der Waals surface area contributed by atoms with Crippen molar-refractivity contribution in [2.45, 2.75) is 43.4 Å². The van der Waals surface area contributed by atoms with Crippen molar-refractivity contribution in [2.75, 3.05) is 27.2 Å². The molecule has 0 bridgehead atoms. The summed E-state index contributed by atoms with van der Waals surface area (Å²) in [5.41, 5.74) is 5.43. The summed E-state index contributed by atoms with van der Waals surface area (Å²) in [6, 6.07) is 0.105. The number of hydrogen-bond donors (Lipinski definition) is 2. The van der Waals surface area contributed by atoms with Gasteiger partial charge in [-0.3, -0.25) is 4.79 Å². The number of likely N-dealkylation sites (tertiary alicyclic amines) is 1. The molecule has 2 aliphatic rings. The molecule has 0 aromatic heterocycles. The monoisotopic (exact) mass is 241 g/mol. The second-order valence-corrected chi connectivity index (χ2v) is 5.77. The fraction of sp³-hybridized carbons (Fsp3) is 0.917. The molecule has 0 spiro atoms. The average molecular weight is 241 g/mol. The maximum absolute atomic E-state index is 12.4. The molecule has 3 N–H and O–H groups in total. The van der Waals surface area contributed by atoms with Crippen LogP contribution < -0.4 is 5.73 Å². The number of nitrogens with two attached hydrogens (primary N) is 1. The van der Waals surface area contributed by atoms with Crippen LogP contribution in [0, 0.1) is 0 Å². The number of carbonyl (C=O) groups is 1. The first-order valence-electron chi connectivity index (χ1n) is 6.35. The molecule has 5 heteroatoms. The zero-order valence-electron chi connectivity index (χ0n) is 10.7. The van der Waals surface area contributed by atoms with Crippen molar-refractivity contribution in [3.05, 3.63) is 0 Å². The minimum Gasteiger partial charge on any atom is -0.391 e. The van der Waals surface area contributed by atoms with Crippen molar-refractivity contribution < 1.29 is 9.90 Å². The van der Waals surface area contributed by atoms with Crippen LogP contribution >= 0.6 is 0 Å². The van der Waals surface area contributed by atoms with Crippen molar-refractivity contribution in [3.8, 4) is 0 Å². The van der Waals surface area contributed by atoms with Crippen molar-refractivity contribution in [2.24, 2.45) is 5.73 Å². The number of carbonyl (C=O) groups excluding carboxylic acids is 1. The van der Waals surface area contributed by atoms with Gasteiger partial charge in [-0.2, -0.15) is 0 Å². The fourth-order valence-corrected chi connectivity index (χ4v) is 2.79. The summed E-state index contributed by atoms with van der Waals surface area (Å²) in [4.78, 5) is 16.2. The third kappa shape index (κ3) is 2.46. The SMILES string of the molecule is CN(C)CC1CC(O)CN1C(=O)C1(N)CCC1. The van der Waals surface area contributed by atoms with Gasteiger partial charge in [0.1, 0.15) is 0 Å². The van der Waals surface area contributed by atoms with E-state index >= 15 is 0 Å². The first-order valence-corrected chi connectivity index (χ1v) is 6.35. The van der Waals surface area contributed by atoms with Gasteiger partial charge in [0.15, 0.2) is 0 Å². The molecule has 0 radical (unpaired) electrons. The summed E-state index contributed by atoms with van der Waals surface area (Å²) in [6.45, 7) is 1.23. The standard InChI is InChI=1S/C12H23N3O2/c1-14(2)7-9-6-10(16)8-15(9)11(17)12(13)4-3-5-12/h9-10,16H,3-8,13H2,1-2H3. The quantitative estimate of drug-likeness (QED) is 0.691. The summed E-state index contributed by atoms with van der Waals surface area (Å²) in [6.07, 6.45) is 2.88. The molecular weight excluding hydrogens is 218 g/mol. The molecule has 1 aliphatic heterocycles. The van der Waals surface area contributed by atoms with E-state index in [4.69, 9.17) is 5.73 Å². The van der Waals surface area contributed by atoms with Crippen molar-refractivity contribution in [1.82, 2.24) is 9.80 Å². The molecule has 17 heavy (non-hydrogen) atoms. The molecule has 1 heterocycles. The summed E-state index contributed by atoms with van der Waals surface area (Å²) in [7, 11) is 3.96. The summed E-state index contributed by atoms with van der Waals surface area (Å²) in [5.74, 6) is 0.0344. The maximum Gasteiger partial charge on any atom is 0.243 e. The van der Waals surface area contributed by atoms with Gasteiger partial charge in [0, 0.05) is 19.1 Å². The lowest BCUT2D eigenvalue weighted by Crippen LogP contribution is -2.61. The van der Waals surface area contributed by atoms with Crippen LogP contribution in [0.4, 0.5) is 0 Å². The van der Waals surface area contributed by atoms with E-state index in [1.165, 1.54) is 0 Å². The number of aliphatic hydroxyl groups is 1. The van der Waals surface area contributed by atoms with E-state index in [0.29, 0.717) is 13.0 Å². The van der Waals surface area contributed by atoms with E-state index in [1.54, 1.807) is 4.90 Å². The lowest BCUT2D eigenvalue weighted by atomic mass is 9.76. The number of amides is 1. The van der Waals surface area contributed by atoms with E-state index in [0.717, 1.165) is 25.8 Å². The highest BCUT2D eigenvalue weighted by Crippen LogP contribution is 2.33. The van der Waals surface area contributed by atoms with Gasteiger partial charge in [-0.1, -0.05) is 0 Å². The van der Waals surface area contributed by atoms with Gasteiger partial charge in [-0.05, 0) is 39.8 Å². The zero-order chi connectivity index (χ0) is 12.6. The third-order valence-corrected chi connectivity index (χ3v) is 3.90. The molecule has 1 aliphatic carbocycles. The van der Waals surface area contributed by atoms with E-state index in [-0.39, 0.29) is 11.9 Å². The Morgan fingerprint density at radius 3 is 2.65 bits per heavy atom. The highest BCUT2D eigenvalue weighted by atomic mass is 16.3. The molecule has 98 valence electrons. The Kier molecular flexibility index (Phi) is 3.43. The van der Waals surface area contributed by atoms with Crippen LogP contribution in [-0.4, -0.2) is 65.7 Å². The van der Waals surface area contributed by atoms with Crippen LogP contribution in [0.25, 0.3) is 0 Å². The Bertz CT molecular complexity index is 302. The van der Waals surface area contributed by atoms with Gasteiger partial charge in [0.25, 0.3) is 0 Å². The predicted molar refractivity (Wildman–Crippen MR) is 65.4 cm³/mol. The molecule has 2 atom stereocenters. The number of β-amino-alcohol motifs (C(OH)–C–C–N with tert-alkyl or cyclic N) is 1. The van der Waals surface area contributed by atoms with Gasteiger partial charge >= 0.3 is 0 Å². The second-order valence-electron chi connectivity index (χ2n) is 5.77. The number of likely N-dealkylation sites (N-methyl/N-ethyl adjacent to an activating group) is 1. The maximum atomic E-state index is 12.4. The molecule has 2 fully saturated rings. The molecule has 2 rings (SSSR count). The van der Waals surface area contributed by atoms with Gasteiger partial charge in [0.05, 0.1) is 11.6 Å². The Hall–Kier alpha value is -0.650. The van der Waals surface area contributed by atoms with Gasteiger partial charge in [0.2, 0.25) is 5.91 Å². The number of aliphatic hydroxyl groups excluding tert-OH is 1. The minimum atomic E-state index is -0.644. The Morgan fingerprint density at radius 1 is 1.53 bits per heavy atom. The molecule has 5 nitrogen and oxygen atoms in total. The largest absolute Gasteiger partial charge is 0.391 e. The molecule has 2 unspecified atom stereocenters.